The Morgan fingerprint density at radius 3 is 2.33 bits per heavy atom. The summed E-state index contributed by atoms with van der Waals surface area (Å²) in [5.74, 6) is 0.0370. The second kappa shape index (κ2) is 7.33. The molecule has 0 atom stereocenters. The Bertz CT molecular complexity index is 1340. The van der Waals surface area contributed by atoms with Crippen molar-refractivity contribution in [3.05, 3.63) is 58.5 Å². The van der Waals surface area contributed by atoms with E-state index in [9.17, 15) is 9.59 Å². The summed E-state index contributed by atoms with van der Waals surface area (Å²) in [5, 5.41) is 4.53. The van der Waals surface area contributed by atoms with E-state index < -0.39 is 0 Å². The monoisotopic (exact) mass is 403 g/mol. The number of hydrogen-bond acceptors (Lipinski definition) is 4. The van der Waals surface area contributed by atoms with Crippen LogP contribution in [0.5, 0.6) is 0 Å². The molecule has 2 aromatic carbocycles. The molecule has 0 aliphatic carbocycles. The summed E-state index contributed by atoms with van der Waals surface area (Å²) in [6.45, 7) is 8.52. The summed E-state index contributed by atoms with van der Waals surface area (Å²) < 4.78 is 4.74. The van der Waals surface area contributed by atoms with E-state index in [1.807, 2.05) is 63.2 Å². The molecule has 7 heteroatoms. The molecule has 0 amide bonds. The summed E-state index contributed by atoms with van der Waals surface area (Å²) in [7, 11) is 0. The third kappa shape index (κ3) is 2.94. The van der Waals surface area contributed by atoms with Gasteiger partial charge in [-0.2, -0.15) is 9.78 Å². The van der Waals surface area contributed by atoms with Crippen molar-refractivity contribution in [2.24, 2.45) is 0 Å². The van der Waals surface area contributed by atoms with Crippen molar-refractivity contribution >= 4 is 22.8 Å². The van der Waals surface area contributed by atoms with Crippen LogP contribution in [0.1, 0.15) is 31.1 Å². The third-order valence-electron chi connectivity index (χ3n) is 5.45. The van der Waals surface area contributed by atoms with Gasteiger partial charge in [-0.05, 0) is 44.5 Å². The zero-order valence-corrected chi connectivity index (χ0v) is 17.6. The van der Waals surface area contributed by atoms with Gasteiger partial charge in [0.2, 0.25) is 5.91 Å². The van der Waals surface area contributed by atoms with Crippen LogP contribution in [0.3, 0.4) is 0 Å². The summed E-state index contributed by atoms with van der Waals surface area (Å²) in [5.41, 5.74) is 12.2. The van der Waals surface area contributed by atoms with E-state index in [1.54, 1.807) is 9.13 Å². The highest BCUT2D eigenvalue weighted by Gasteiger charge is 2.22. The van der Waals surface area contributed by atoms with E-state index in [0.717, 1.165) is 27.7 Å². The highest BCUT2D eigenvalue weighted by molar-refractivity contribution is 5.95. The predicted molar refractivity (Wildman–Crippen MR) is 120 cm³/mol. The molecule has 0 aliphatic heterocycles. The Hall–Kier alpha value is -3.61. The number of carbonyl (C=O) groups is 1. The second-order valence-electron chi connectivity index (χ2n) is 7.38. The zero-order valence-electron chi connectivity index (χ0n) is 17.6. The van der Waals surface area contributed by atoms with Gasteiger partial charge in [-0.3, -0.25) is 13.9 Å². The average molecular weight is 403 g/mol. The number of benzene rings is 2. The number of aromatic nitrogens is 4. The normalized spacial score (nSPS) is 11.3. The van der Waals surface area contributed by atoms with Crippen LogP contribution in [0.2, 0.25) is 0 Å². The maximum atomic E-state index is 12.7. The lowest BCUT2D eigenvalue weighted by molar-refractivity contribution is 0.0924. The summed E-state index contributed by atoms with van der Waals surface area (Å²) in [6.07, 6.45) is 0. The first-order valence-electron chi connectivity index (χ1n) is 10.1. The molecule has 30 heavy (non-hydrogen) atoms. The molecule has 0 spiro atoms. The minimum absolute atomic E-state index is 0.0292. The van der Waals surface area contributed by atoms with Gasteiger partial charge in [0.05, 0.1) is 16.6 Å². The fourth-order valence-corrected chi connectivity index (χ4v) is 4.04. The van der Waals surface area contributed by atoms with Crippen molar-refractivity contribution in [3.8, 4) is 22.4 Å². The molecule has 0 unspecified atom stereocenters. The number of carbonyl (C=O) groups excluding carboxylic acids is 1. The van der Waals surface area contributed by atoms with Gasteiger partial charge >= 0.3 is 5.69 Å². The zero-order chi connectivity index (χ0) is 21.6. The van der Waals surface area contributed by atoms with E-state index >= 15 is 0 Å². The lowest BCUT2D eigenvalue weighted by atomic mass is 9.99. The smallest absolute Gasteiger partial charge is 0.329 e. The standard InChI is InChI=1S/C23H25N5O2/c1-5-26-18-11-10-16(13-19(18)27(6-2)23(26)30)20-21(17-9-7-8-14(3)12-17)25-28(15(4)29)22(20)24/h7-13H,5-6,24H2,1-4H3. The number of hydrogen-bond donors (Lipinski definition) is 1. The summed E-state index contributed by atoms with van der Waals surface area (Å²) in [6, 6.07) is 13.8. The molecule has 0 saturated heterocycles. The molecule has 7 nitrogen and oxygen atoms in total. The summed E-state index contributed by atoms with van der Waals surface area (Å²) in [4.78, 5) is 24.9. The Morgan fingerprint density at radius 1 is 1.00 bits per heavy atom. The van der Waals surface area contributed by atoms with Crippen LogP contribution in [-0.2, 0) is 13.1 Å². The van der Waals surface area contributed by atoms with Gasteiger partial charge < -0.3 is 5.73 Å². The molecule has 2 aromatic heterocycles. The molecular weight excluding hydrogens is 378 g/mol. The van der Waals surface area contributed by atoms with Crippen molar-refractivity contribution in [3.63, 3.8) is 0 Å². The maximum absolute atomic E-state index is 12.7. The van der Waals surface area contributed by atoms with E-state index in [-0.39, 0.29) is 11.6 Å². The van der Waals surface area contributed by atoms with Crippen molar-refractivity contribution in [1.29, 1.82) is 0 Å². The lowest BCUT2D eigenvalue weighted by Crippen LogP contribution is -2.22. The fraction of sp³-hybridized carbons (Fsp3) is 0.261. The predicted octanol–water partition coefficient (Wildman–Crippen LogP) is 3.92. The van der Waals surface area contributed by atoms with Gasteiger partial charge in [-0.25, -0.2) is 4.79 Å². The number of nitrogens with two attached hydrogens (primary N) is 1. The van der Waals surface area contributed by atoms with Crippen LogP contribution < -0.4 is 11.4 Å². The molecule has 0 aliphatic rings. The number of fused-ring (bicyclic) bond motifs is 1. The largest absolute Gasteiger partial charge is 0.383 e. The van der Waals surface area contributed by atoms with Gasteiger partial charge in [0.25, 0.3) is 0 Å². The molecule has 4 rings (SSSR count). The Kier molecular flexibility index (Phi) is 4.81. The van der Waals surface area contributed by atoms with Crippen LogP contribution in [0.15, 0.2) is 47.3 Å². The van der Waals surface area contributed by atoms with Crippen LogP contribution in [0.4, 0.5) is 5.82 Å². The molecule has 2 N–H and O–H groups in total. The van der Waals surface area contributed by atoms with Crippen LogP contribution in [0.25, 0.3) is 33.4 Å². The van der Waals surface area contributed by atoms with E-state index in [1.165, 1.54) is 11.6 Å². The molecule has 0 saturated carbocycles. The number of nitrogen functional groups attached to an aromatic ring is 1. The van der Waals surface area contributed by atoms with Gasteiger partial charge in [0.15, 0.2) is 0 Å². The fourth-order valence-electron chi connectivity index (χ4n) is 4.04. The minimum Gasteiger partial charge on any atom is -0.383 e. The van der Waals surface area contributed by atoms with E-state index in [2.05, 4.69) is 5.10 Å². The van der Waals surface area contributed by atoms with Crippen molar-refractivity contribution in [2.45, 2.75) is 40.8 Å². The topological polar surface area (TPSA) is 87.8 Å². The molecular formula is C23H25N5O2. The number of imidazole rings is 1. The Labute approximate surface area is 174 Å². The molecule has 4 aromatic rings. The lowest BCUT2D eigenvalue weighted by Gasteiger charge is -2.07. The first-order chi connectivity index (χ1) is 14.4. The highest BCUT2D eigenvalue weighted by atomic mass is 16.2. The SMILES string of the molecule is CCn1c(=O)n(CC)c2cc(-c3c(-c4cccc(C)c4)nn(C(C)=O)c3N)ccc21. The molecule has 0 bridgehead atoms. The van der Waals surface area contributed by atoms with Crippen LogP contribution in [0, 0.1) is 6.92 Å². The number of aryl methyl sites for hydroxylation is 3. The van der Waals surface area contributed by atoms with Crippen LogP contribution in [-0.4, -0.2) is 24.8 Å². The Morgan fingerprint density at radius 2 is 1.70 bits per heavy atom. The van der Waals surface area contributed by atoms with E-state index in [0.29, 0.717) is 30.2 Å². The summed E-state index contributed by atoms with van der Waals surface area (Å²) >= 11 is 0. The highest BCUT2D eigenvalue weighted by Crippen LogP contribution is 2.37. The van der Waals surface area contributed by atoms with Crippen LogP contribution >= 0.6 is 0 Å². The van der Waals surface area contributed by atoms with Gasteiger partial charge in [0, 0.05) is 25.6 Å². The van der Waals surface area contributed by atoms with Crippen molar-refractivity contribution in [1.82, 2.24) is 18.9 Å². The maximum Gasteiger partial charge on any atom is 0.329 e. The Balaban J connectivity index is 2.04. The first kappa shape index (κ1) is 19.7. The first-order valence-corrected chi connectivity index (χ1v) is 10.1. The van der Waals surface area contributed by atoms with Gasteiger partial charge in [-0.15, -0.1) is 0 Å². The quantitative estimate of drug-likeness (QED) is 0.559. The van der Waals surface area contributed by atoms with Gasteiger partial charge in [0.1, 0.15) is 11.5 Å². The van der Waals surface area contributed by atoms with Gasteiger partial charge in [-0.1, -0.05) is 29.8 Å². The second-order valence-corrected chi connectivity index (χ2v) is 7.38. The average Bonchev–Trinajstić information content (AvgIpc) is 3.20. The third-order valence-corrected chi connectivity index (χ3v) is 5.45. The molecule has 0 radical (unpaired) electrons. The molecule has 2 heterocycles. The van der Waals surface area contributed by atoms with Crippen molar-refractivity contribution in [2.75, 3.05) is 5.73 Å². The number of nitrogens with zero attached hydrogens (tertiary/aromatic N) is 4. The molecule has 0 fully saturated rings. The number of anilines is 1. The minimum atomic E-state index is -0.253. The number of rotatable bonds is 4. The van der Waals surface area contributed by atoms with E-state index in [4.69, 9.17) is 5.73 Å². The van der Waals surface area contributed by atoms with Crippen molar-refractivity contribution < 1.29 is 4.79 Å². The molecule has 154 valence electrons.